The molecule has 5 nitrogen and oxygen atoms in total. The fourth-order valence-electron chi connectivity index (χ4n) is 2.87. The Balaban J connectivity index is 1.92. The molecule has 0 saturated heterocycles. The van der Waals surface area contributed by atoms with Crippen LogP contribution in [0.5, 0.6) is 0 Å². The summed E-state index contributed by atoms with van der Waals surface area (Å²) < 4.78 is 5.10. The molecular weight excluding hydrogens is 312 g/mol. The van der Waals surface area contributed by atoms with Gasteiger partial charge in [-0.2, -0.15) is 11.8 Å². The summed E-state index contributed by atoms with van der Waals surface area (Å²) in [5.41, 5.74) is 0. The van der Waals surface area contributed by atoms with E-state index in [0.29, 0.717) is 6.42 Å². The van der Waals surface area contributed by atoms with Crippen molar-refractivity contribution in [2.45, 2.75) is 57.0 Å². The first kappa shape index (κ1) is 17.9. The number of carbonyl (C=O) groups is 2. The molecule has 0 radical (unpaired) electrons. The van der Waals surface area contributed by atoms with Crippen LogP contribution in [0.4, 0.5) is 0 Å². The SMILES string of the molecule is CSCC[C@H](NC(=O)c1ccco1)C(=O)NC1CCCCCC1. The van der Waals surface area contributed by atoms with Gasteiger partial charge in [0.15, 0.2) is 5.76 Å². The zero-order valence-corrected chi connectivity index (χ0v) is 14.5. The van der Waals surface area contributed by atoms with Crippen molar-refractivity contribution in [2.75, 3.05) is 12.0 Å². The third-order valence-corrected chi connectivity index (χ3v) is 4.82. The van der Waals surface area contributed by atoms with Crippen molar-refractivity contribution >= 4 is 23.6 Å². The van der Waals surface area contributed by atoms with Crippen LogP contribution in [0.3, 0.4) is 0 Å². The lowest BCUT2D eigenvalue weighted by molar-refractivity contribution is -0.123. The lowest BCUT2D eigenvalue weighted by Crippen LogP contribution is -2.49. The zero-order chi connectivity index (χ0) is 16.5. The van der Waals surface area contributed by atoms with Gasteiger partial charge < -0.3 is 15.1 Å². The summed E-state index contributed by atoms with van der Waals surface area (Å²) in [4.78, 5) is 24.7. The van der Waals surface area contributed by atoms with Crippen molar-refractivity contribution in [1.82, 2.24) is 10.6 Å². The van der Waals surface area contributed by atoms with E-state index in [1.807, 2.05) is 6.26 Å². The molecular formula is C17H26N2O3S. The van der Waals surface area contributed by atoms with Gasteiger partial charge in [-0.05, 0) is 43.4 Å². The molecule has 6 heteroatoms. The molecule has 0 aliphatic heterocycles. The second kappa shape index (κ2) is 9.65. The number of nitrogens with one attached hydrogen (secondary N) is 2. The van der Waals surface area contributed by atoms with Gasteiger partial charge in [-0.3, -0.25) is 9.59 Å². The predicted molar refractivity (Wildman–Crippen MR) is 92.6 cm³/mol. The maximum Gasteiger partial charge on any atom is 0.287 e. The van der Waals surface area contributed by atoms with E-state index in [2.05, 4.69) is 10.6 Å². The highest BCUT2D eigenvalue weighted by molar-refractivity contribution is 7.98. The number of thioether (sulfide) groups is 1. The highest BCUT2D eigenvalue weighted by Crippen LogP contribution is 2.17. The van der Waals surface area contributed by atoms with Crippen LogP contribution in [0.25, 0.3) is 0 Å². The Morgan fingerprint density at radius 1 is 1.30 bits per heavy atom. The molecule has 0 bridgehead atoms. The minimum absolute atomic E-state index is 0.0779. The maximum absolute atomic E-state index is 12.6. The molecule has 1 atom stereocenters. The third-order valence-electron chi connectivity index (χ3n) is 4.18. The molecule has 1 aliphatic rings. The minimum Gasteiger partial charge on any atom is -0.459 e. The number of furan rings is 1. The van der Waals surface area contributed by atoms with Crippen molar-refractivity contribution in [1.29, 1.82) is 0 Å². The van der Waals surface area contributed by atoms with Crippen molar-refractivity contribution < 1.29 is 14.0 Å². The molecule has 2 amide bonds. The fourth-order valence-corrected chi connectivity index (χ4v) is 3.34. The van der Waals surface area contributed by atoms with Gasteiger partial charge in [0.2, 0.25) is 5.91 Å². The van der Waals surface area contributed by atoms with Crippen molar-refractivity contribution in [3.63, 3.8) is 0 Å². The first-order valence-corrected chi connectivity index (χ1v) is 9.73. The maximum atomic E-state index is 12.6. The molecule has 1 aromatic rings. The third kappa shape index (κ3) is 5.94. The molecule has 2 N–H and O–H groups in total. The standard InChI is InChI=1S/C17H26N2O3S/c1-23-12-10-14(19-17(21)15-9-6-11-22-15)16(20)18-13-7-4-2-3-5-8-13/h6,9,11,13-14H,2-5,7-8,10,12H2,1H3,(H,18,20)(H,19,21)/t14-/m0/s1. The molecule has 1 fully saturated rings. The summed E-state index contributed by atoms with van der Waals surface area (Å²) in [6, 6.07) is 2.99. The van der Waals surface area contributed by atoms with Crippen LogP contribution in [0, 0.1) is 0 Å². The van der Waals surface area contributed by atoms with E-state index in [9.17, 15) is 9.59 Å². The van der Waals surface area contributed by atoms with Gasteiger partial charge in [-0.1, -0.05) is 25.7 Å². The molecule has 128 valence electrons. The molecule has 0 spiro atoms. The highest BCUT2D eigenvalue weighted by atomic mass is 32.2. The van der Waals surface area contributed by atoms with E-state index in [-0.39, 0.29) is 23.6 Å². The topological polar surface area (TPSA) is 71.3 Å². The van der Waals surface area contributed by atoms with Crippen LogP contribution in [0.2, 0.25) is 0 Å². The zero-order valence-electron chi connectivity index (χ0n) is 13.7. The van der Waals surface area contributed by atoms with Crippen molar-refractivity contribution in [3.05, 3.63) is 24.2 Å². The Hall–Kier alpha value is -1.43. The molecule has 1 heterocycles. The lowest BCUT2D eigenvalue weighted by Gasteiger charge is -2.22. The van der Waals surface area contributed by atoms with Gasteiger partial charge in [-0.25, -0.2) is 0 Å². The van der Waals surface area contributed by atoms with E-state index in [0.717, 1.165) is 18.6 Å². The summed E-state index contributed by atoms with van der Waals surface area (Å²) in [6.45, 7) is 0. The van der Waals surface area contributed by atoms with E-state index >= 15 is 0 Å². The van der Waals surface area contributed by atoms with Gasteiger partial charge in [0.25, 0.3) is 5.91 Å². The highest BCUT2D eigenvalue weighted by Gasteiger charge is 2.24. The second-order valence-electron chi connectivity index (χ2n) is 5.98. The first-order chi connectivity index (χ1) is 11.2. The van der Waals surface area contributed by atoms with Crippen LogP contribution >= 0.6 is 11.8 Å². The monoisotopic (exact) mass is 338 g/mol. The first-order valence-electron chi connectivity index (χ1n) is 8.34. The molecule has 23 heavy (non-hydrogen) atoms. The predicted octanol–water partition coefficient (Wildman–Crippen LogP) is 2.97. The fraction of sp³-hybridized carbons (Fsp3) is 0.647. The molecule has 0 aromatic carbocycles. The van der Waals surface area contributed by atoms with E-state index < -0.39 is 6.04 Å². The van der Waals surface area contributed by atoms with Gasteiger partial charge in [0, 0.05) is 6.04 Å². The van der Waals surface area contributed by atoms with Crippen LogP contribution in [-0.4, -0.2) is 35.9 Å². The van der Waals surface area contributed by atoms with Gasteiger partial charge in [0.05, 0.1) is 6.26 Å². The summed E-state index contributed by atoms with van der Waals surface area (Å²) in [5.74, 6) is 0.644. The van der Waals surface area contributed by atoms with E-state index in [1.54, 1.807) is 23.9 Å². The van der Waals surface area contributed by atoms with Gasteiger partial charge in [0.1, 0.15) is 6.04 Å². The Morgan fingerprint density at radius 2 is 2.04 bits per heavy atom. The Morgan fingerprint density at radius 3 is 2.65 bits per heavy atom. The Labute approximate surface area is 142 Å². The van der Waals surface area contributed by atoms with E-state index in [4.69, 9.17) is 4.42 Å². The molecule has 1 aliphatic carbocycles. The number of hydrogen-bond acceptors (Lipinski definition) is 4. The average molecular weight is 338 g/mol. The number of hydrogen-bond donors (Lipinski definition) is 2. The molecule has 2 rings (SSSR count). The Bertz CT molecular complexity index is 482. The summed E-state index contributed by atoms with van der Waals surface area (Å²) >= 11 is 1.67. The largest absolute Gasteiger partial charge is 0.459 e. The van der Waals surface area contributed by atoms with Crippen LogP contribution in [0.1, 0.15) is 55.5 Å². The van der Waals surface area contributed by atoms with Gasteiger partial charge >= 0.3 is 0 Å². The van der Waals surface area contributed by atoms with Crippen LogP contribution in [-0.2, 0) is 4.79 Å². The quantitative estimate of drug-likeness (QED) is 0.750. The summed E-state index contributed by atoms with van der Waals surface area (Å²) in [6.07, 6.45) is 11.0. The Kier molecular flexibility index (Phi) is 7.52. The van der Waals surface area contributed by atoms with E-state index in [1.165, 1.54) is 31.9 Å². The number of rotatable bonds is 7. The van der Waals surface area contributed by atoms with Gasteiger partial charge in [-0.15, -0.1) is 0 Å². The molecule has 0 unspecified atom stereocenters. The lowest BCUT2D eigenvalue weighted by atomic mass is 10.1. The average Bonchev–Trinajstić information content (AvgIpc) is 2.97. The summed E-state index contributed by atoms with van der Waals surface area (Å²) in [5, 5.41) is 5.93. The number of amides is 2. The van der Waals surface area contributed by atoms with Crippen molar-refractivity contribution in [3.8, 4) is 0 Å². The van der Waals surface area contributed by atoms with Crippen molar-refractivity contribution in [2.24, 2.45) is 0 Å². The number of carbonyl (C=O) groups excluding carboxylic acids is 2. The summed E-state index contributed by atoms with van der Waals surface area (Å²) in [7, 11) is 0. The second-order valence-corrected chi connectivity index (χ2v) is 6.97. The van der Waals surface area contributed by atoms with Crippen LogP contribution in [0.15, 0.2) is 22.8 Å². The molecule has 1 saturated carbocycles. The van der Waals surface area contributed by atoms with Crippen LogP contribution < -0.4 is 10.6 Å². The smallest absolute Gasteiger partial charge is 0.287 e. The molecule has 1 aromatic heterocycles. The minimum atomic E-state index is -0.511. The normalized spacial score (nSPS) is 17.3.